The average Bonchev–Trinajstić information content (AvgIpc) is 3.22. The highest BCUT2D eigenvalue weighted by Gasteiger charge is 2.27. The van der Waals surface area contributed by atoms with Gasteiger partial charge in [0.1, 0.15) is 11.6 Å². The lowest BCUT2D eigenvalue weighted by Gasteiger charge is -2.31. The van der Waals surface area contributed by atoms with Crippen LogP contribution in [0.15, 0.2) is 30.6 Å². The molecule has 1 fully saturated rings. The average molecular weight is 299 g/mol. The molecule has 2 aromatic heterocycles. The van der Waals surface area contributed by atoms with Gasteiger partial charge in [-0.1, -0.05) is 6.07 Å². The topological polar surface area (TPSA) is 55.2 Å². The van der Waals surface area contributed by atoms with Crippen LogP contribution in [-0.4, -0.2) is 45.2 Å². The lowest BCUT2D eigenvalue weighted by molar-refractivity contribution is 0.121. The molecule has 2 aliphatic heterocycles. The minimum Gasteiger partial charge on any atom is -0.380 e. The minimum absolute atomic E-state index is 0.570. The largest absolute Gasteiger partial charge is 0.380 e. The summed E-state index contributed by atoms with van der Waals surface area (Å²) in [4.78, 5) is 11.6. The first-order valence-corrected chi connectivity index (χ1v) is 7.90. The quantitative estimate of drug-likeness (QED) is 0.927. The summed E-state index contributed by atoms with van der Waals surface area (Å²) in [5, 5.41) is 3.32. The zero-order chi connectivity index (χ0) is 14.8. The fourth-order valence-electron chi connectivity index (χ4n) is 3.19. The maximum atomic E-state index is 5.51. The van der Waals surface area contributed by atoms with E-state index >= 15 is 0 Å². The van der Waals surface area contributed by atoms with Crippen molar-refractivity contribution in [3.8, 4) is 0 Å². The van der Waals surface area contributed by atoms with E-state index in [0.717, 1.165) is 56.6 Å². The van der Waals surface area contributed by atoms with Gasteiger partial charge in [-0.25, -0.2) is 9.97 Å². The maximum absolute atomic E-state index is 5.51. The van der Waals surface area contributed by atoms with Crippen molar-refractivity contribution in [1.82, 2.24) is 19.4 Å². The molecule has 6 nitrogen and oxygen atoms in total. The number of nitrogens with zero attached hydrogens (tertiary/aromatic N) is 4. The molecule has 116 valence electrons. The van der Waals surface area contributed by atoms with Crippen LogP contribution in [0.25, 0.3) is 0 Å². The van der Waals surface area contributed by atoms with Crippen molar-refractivity contribution in [3.63, 3.8) is 0 Å². The van der Waals surface area contributed by atoms with Crippen molar-refractivity contribution in [2.75, 3.05) is 25.1 Å². The lowest BCUT2D eigenvalue weighted by Crippen LogP contribution is -2.41. The Morgan fingerprint density at radius 3 is 3.14 bits per heavy atom. The molecule has 6 heteroatoms. The van der Waals surface area contributed by atoms with E-state index in [1.807, 2.05) is 18.2 Å². The lowest BCUT2D eigenvalue weighted by atomic mass is 10.2. The van der Waals surface area contributed by atoms with Crippen molar-refractivity contribution in [1.29, 1.82) is 0 Å². The van der Waals surface area contributed by atoms with E-state index in [1.165, 1.54) is 0 Å². The third kappa shape index (κ3) is 2.84. The number of aromatic nitrogens is 3. The molecule has 2 aromatic rings. The van der Waals surface area contributed by atoms with Gasteiger partial charge in [-0.15, -0.1) is 0 Å². The number of hydrogen-bond donors (Lipinski definition) is 1. The summed E-state index contributed by atoms with van der Waals surface area (Å²) in [5.74, 6) is 2.05. The van der Waals surface area contributed by atoms with Crippen LogP contribution in [-0.2, 0) is 24.4 Å². The van der Waals surface area contributed by atoms with Gasteiger partial charge in [0, 0.05) is 38.1 Å². The summed E-state index contributed by atoms with van der Waals surface area (Å²) in [7, 11) is 0. The van der Waals surface area contributed by atoms with Crippen molar-refractivity contribution < 1.29 is 4.74 Å². The van der Waals surface area contributed by atoms with Gasteiger partial charge in [0.15, 0.2) is 0 Å². The fourth-order valence-corrected chi connectivity index (χ4v) is 3.19. The van der Waals surface area contributed by atoms with E-state index in [-0.39, 0.29) is 0 Å². The molecule has 0 radical (unpaired) electrons. The van der Waals surface area contributed by atoms with Crippen LogP contribution in [0.1, 0.15) is 17.9 Å². The molecule has 1 N–H and O–H groups in total. The second kappa shape index (κ2) is 6.06. The van der Waals surface area contributed by atoms with Gasteiger partial charge in [-0.3, -0.25) is 4.90 Å². The number of pyridine rings is 1. The fraction of sp³-hybridized carbons (Fsp3) is 0.500. The normalized spacial score (nSPS) is 21.7. The molecule has 1 atom stereocenters. The summed E-state index contributed by atoms with van der Waals surface area (Å²) in [6.07, 6.45) is 5.10. The summed E-state index contributed by atoms with van der Waals surface area (Å²) >= 11 is 0. The molecular formula is C16H21N5O. The number of anilines is 1. The molecule has 0 aromatic carbocycles. The van der Waals surface area contributed by atoms with Crippen molar-refractivity contribution in [3.05, 3.63) is 42.1 Å². The van der Waals surface area contributed by atoms with E-state index in [1.54, 1.807) is 6.20 Å². The van der Waals surface area contributed by atoms with Gasteiger partial charge in [0.2, 0.25) is 0 Å². The number of rotatable bonds is 4. The predicted octanol–water partition coefficient (Wildman–Crippen LogP) is 1.49. The Hall–Kier alpha value is -1.92. The highest BCUT2D eigenvalue weighted by atomic mass is 16.5. The van der Waals surface area contributed by atoms with Crippen LogP contribution >= 0.6 is 0 Å². The number of nitrogens with one attached hydrogen (secondary N) is 1. The summed E-state index contributed by atoms with van der Waals surface area (Å²) < 4.78 is 7.78. The number of imidazole rings is 1. The number of ether oxygens (including phenoxy) is 1. The zero-order valence-corrected chi connectivity index (χ0v) is 12.6. The van der Waals surface area contributed by atoms with Crippen LogP contribution in [0.4, 0.5) is 5.82 Å². The molecule has 4 heterocycles. The van der Waals surface area contributed by atoms with Gasteiger partial charge < -0.3 is 14.6 Å². The number of fused-ring (bicyclic) bond motifs is 1. The zero-order valence-electron chi connectivity index (χ0n) is 12.6. The Morgan fingerprint density at radius 2 is 2.32 bits per heavy atom. The SMILES string of the molecule is c1ccc(NCc2cn3c(n2)CN(C2CCOC2)CC3)nc1. The molecule has 0 bridgehead atoms. The van der Waals surface area contributed by atoms with Crippen LogP contribution < -0.4 is 5.32 Å². The second-order valence-electron chi connectivity index (χ2n) is 5.90. The highest BCUT2D eigenvalue weighted by molar-refractivity contribution is 5.33. The summed E-state index contributed by atoms with van der Waals surface area (Å²) in [6.45, 7) is 5.51. The Bertz CT molecular complexity index is 621. The minimum atomic E-state index is 0.570. The third-order valence-electron chi connectivity index (χ3n) is 4.42. The maximum Gasteiger partial charge on any atom is 0.126 e. The Morgan fingerprint density at radius 1 is 1.32 bits per heavy atom. The summed E-state index contributed by atoms with van der Waals surface area (Å²) in [6, 6.07) is 6.44. The van der Waals surface area contributed by atoms with E-state index in [4.69, 9.17) is 9.72 Å². The Balaban J connectivity index is 1.40. The van der Waals surface area contributed by atoms with Crippen molar-refractivity contribution >= 4 is 5.82 Å². The summed E-state index contributed by atoms with van der Waals surface area (Å²) in [5.41, 5.74) is 1.07. The van der Waals surface area contributed by atoms with Gasteiger partial charge in [-0.05, 0) is 18.6 Å². The van der Waals surface area contributed by atoms with Crippen LogP contribution in [0.5, 0.6) is 0 Å². The molecule has 4 rings (SSSR count). The van der Waals surface area contributed by atoms with Gasteiger partial charge in [0.05, 0.1) is 25.4 Å². The van der Waals surface area contributed by atoms with Gasteiger partial charge in [0.25, 0.3) is 0 Å². The molecule has 0 saturated carbocycles. The second-order valence-corrected chi connectivity index (χ2v) is 5.90. The van der Waals surface area contributed by atoms with Crippen LogP contribution in [0.3, 0.4) is 0 Å². The van der Waals surface area contributed by atoms with E-state index in [0.29, 0.717) is 12.6 Å². The number of hydrogen-bond acceptors (Lipinski definition) is 5. The van der Waals surface area contributed by atoms with E-state index in [9.17, 15) is 0 Å². The molecule has 2 aliphatic rings. The van der Waals surface area contributed by atoms with Gasteiger partial charge >= 0.3 is 0 Å². The Labute approximate surface area is 130 Å². The van der Waals surface area contributed by atoms with Crippen LogP contribution in [0.2, 0.25) is 0 Å². The van der Waals surface area contributed by atoms with Crippen LogP contribution in [0, 0.1) is 0 Å². The van der Waals surface area contributed by atoms with Crippen molar-refractivity contribution in [2.45, 2.75) is 32.1 Å². The first kappa shape index (κ1) is 13.7. The molecule has 1 unspecified atom stereocenters. The smallest absolute Gasteiger partial charge is 0.126 e. The molecule has 1 saturated heterocycles. The molecule has 0 amide bonds. The molecule has 22 heavy (non-hydrogen) atoms. The monoisotopic (exact) mass is 299 g/mol. The Kier molecular flexibility index (Phi) is 3.78. The first-order chi connectivity index (χ1) is 10.9. The van der Waals surface area contributed by atoms with Crippen molar-refractivity contribution in [2.24, 2.45) is 0 Å². The standard InChI is InChI=1S/C16H21N5O/c1-2-5-17-15(3-1)18-9-13-10-21-7-6-20(11-16(21)19-13)14-4-8-22-12-14/h1-3,5,10,14H,4,6-9,11-12H2,(H,17,18). The van der Waals surface area contributed by atoms with E-state index < -0.39 is 0 Å². The molecular weight excluding hydrogens is 278 g/mol. The molecule has 0 aliphatic carbocycles. The van der Waals surface area contributed by atoms with E-state index in [2.05, 4.69) is 26.0 Å². The highest BCUT2D eigenvalue weighted by Crippen LogP contribution is 2.20. The first-order valence-electron chi connectivity index (χ1n) is 7.90. The third-order valence-corrected chi connectivity index (χ3v) is 4.42. The molecule has 0 spiro atoms. The van der Waals surface area contributed by atoms with Gasteiger partial charge in [-0.2, -0.15) is 0 Å². The predicted molar refractivity (Wildman–Crippen MR) is 83.4 cm³/mol.